The van der Waals surface area contributed by atoms with Crippen molar-refractivity contribution >= 4 is 17.7 Å². The summed E-state index contributed by atoms with van der Waals surface area (Å²) in [6, 6.07) is 0. The first-order valence-corrected chi connectivity index (χ1v) is 7.41. The molecule has 0 aliphatic carbocycles. The highest BCUT2D eigenvalue weighted by Crippen LogP contribution is 2.46. The lowest BCUT2D eigenvalue weighted by Gasteiger charge is -2.13. The summed E-state index contributed by atoms with van der Waals surface area (Å²) in [6.07, 6.45) is 0.321. The minimum Gasteiger partial charge on any atom is -0.312 e. The maximum Gasteiger partial charge on any atom is 0.330 e. The van der Waals surface area contributed by atoms with Crippen molar-refractivity contribution in [2.24, 2.45) is 0 Å². The van der Waals surface area contributed by atoms with E-state index in [1.807, 2.05) is 0 Å². The van der Waals surface area contributed by atoms with Crippen LogP contribution in [0.5, 0.6) is 0 Å². The van der Waals surface area contributed by atoms with Gasteiger partial charge in [0.15, 0.2) is 0 Å². The lowest BCUT2D eigenvalue weighted by Crippen LogP contribution is -2.07. The van der Waals surface area contributed by atoms with Crippen molar-refractivity contribution < 1.29 is 26.6 Å². The van der Waals surface area contributed by atoms with Crippen LogP contribution in [0.15, 0.2) is 0 Å². The van der Waals surface area contributed by atoms with E-state index < -0.39 is 23.5 Å². The average Bonchev–Trinajstić information content (AvgIpc) is 2.11. The van der Waals surface area contributed by atoms with E-state index in [9.17, 15) is 13.0 Å². The summed E-state index contributed by atoms with van der Waals surface area (Å²) < 4.78 is 49.9. The first-order valence-electron chi connectivity index (χ1n) is 4.07. The fourth-order valence-electron chi connectivity index (χ4n) is 0.718. The Morgan fingerprint density at radius 2 is 2.00 bits per heavy atom. The van der Waals surface area contributed by atoms with Gasteiger partial charge in [-0.2, -0.15) is 8.42 Å². The van der Waals surface area contributed by atoms with Crippen molar-refractivity contribution in [3.8, 4) is 0 Å². The third kappa shape index (κ3) is 6.50. The van der Waals surface area contributed by atoms with Gasteiger partial charge in [0, 0.05) is 13.3 Å². The Bertz CT molecular complexity index is 289. The van der Waals surface area contributed by atoms with Gasteiger partial charge in [-0.25, -0.2) is 0 Å². The molecule has 6 nitrogen and oxygen atoms in total. The molecule has 0 fully saturated rings. The third-order valence-electron chi connectivity index (χ3n) is 1.50. The summed E-state index contributed by atoms with van der Waals surface area (Å²) in [5.41, 5.74) is 0. The van der Waals surface area contributed by atoms with Gasteiger partial charge >= 0.3 is 7.60 Å². The van der Waals surface area contributed by atoms with E-state index in [1.54, 1.807) is 6.92 Å². The molecule has 14 heavy (non-hydrogen) atoms. The molecule has 1 N–H and O–H groups in total. The first-order chi connectivity index (χ1) is 6.33. The molecular formula is C6H15O6PS. The molecule has 0 aromatic heterocycles. The van der Waals surface area contributed by atoms with Crippen LogP contribution in [0.3, 0.4) is 0 Å². The predicted octanol–water partition coefficient (Wildman–Crippen LogP) is 1.14. The minimum atomic E-state index is -3.97. The summed E-state index contributed by atoms with van der Waals surface area (Å²) in [4.78, 5) is 0. The topological polar surface area (TPSA) is 89.9 Å². The molecule has 0 spiro atoms. The highest BCUT2D eigenvalue weighted by Gasteiger charge is 2.19. The van der Waals surface area contributed by atoms with Gasteiger partial charge in [-0.1, -0.05) is 6.92 Å². The highest BCUT2D eigenvalue weighted by molar-refractivity contribution is 7.85. The average molecular weight is 246 g/mol. The maximum atomic E-state index is 11.4. The molecule has 0 bridgehead atoms. The predicted molar refractivity (Wildman–Crippen MR) is 52.1 cm³/mol. The summed E-state index contributed by atoms with van der Waals surface area (Å²) in [5.74, 6) is -0.402. The summed E-state index contributed by atoms with van der Waals surface area (Å²) in [6.45, 7) is 1.63. The zero-order valence-corrected chi connectivity index (χ0v) is 9.88. The van der Waals surface area contributed by atoms with E-state index in [0.29, 0.717) is 0 Å². The second-order valence-electron chi connectivity index (χ2n) is 2.58. The Morgan fingerprint density at radius 3 is 2.36 bits per heavy atom. The molecule has 86 valence electrons. The molecule has 0 radical (unpaired) electrons. The zero-order chi connectivity index (χ0) is 11.2. The molecule has 1 atom stereocenters. The zero-order valence-electron chi connectivity index (χ0n) is 8.17. The van der Waals surface area contributed by atoms with Crippen LogP contribution < -0.4 is 0 Å². The molecule has 0 rings (SSSR count). The van der Waals surface area contributed by atoms with E-state index in [0.717, 1.165) is 0 Å². The van der Waals surface area contributed by atoms with E-state index in [2.05, 4.69) is 4.52 Å². The van der Waals surface area contributed by atoms with Gasteiger partial charge in [0.2, 0.25) is 0 Å². The summed E-state index contributed by atoms with van der Waals surface area (Å²) >= 11 is 0. The standard InChI is InChI=1S/C6H15O6PS/c1-3-13(7,11-2)12-5-4-6-14(8,9)10/h3-6H2,1-2H3,(H,8,9,10). The van der Waals surface area contributed by atoms with Crippen LogP contribution in [0.25, 0.3) is 0 Å². The van der Waals surface area contributed by atoms with Crippen LogP contribution in [0.4, 0.5) is 0 Å². The Labute approximate surface area is 83.9 Å². The largest absolute Gasteiger partial charge is 0.330 e. The van der Waals surface area contributed by atoms with Gasteiger partial charge in [0.25, 0.3) is 10.1 Å². The van der Waals surface area contributed by atoms with Crippen LogP contribution in [-0.4, -0.2) is 38.6 Å². The van der Waals surface area contributed by atoms with Gasteiger partial charge < -0.3 is 9.05 Å². The summed E-state index contributed by atoms with van der Waals surface area (Å²) in [7, 11) is -5.73. The minimum absolute atomic E-state index is 0.0151. The molecule has 0 aromatic rings. The van der Waals surface area contributed by atoms with Gasteiger partial charge in [-0.05, 0) is 6.42 Å². The van der Waals surface area contributed by atoms with Crippen molar-refractivity contribution in [3.63, 3.8) is 0 Å². The van der Waals surface area contributed by atoms with Crippen LogP contribution in [0.2, 0.25) is 0 Å². The van der Waals surface area contributed by atoms with Crippen molar-refractivity contribution in [2.75, 3.05) is 25.6 Å². The lowest BCUT2D eigenvalue weighted by molar-refractivity contribution is 0.234. The first kappa shape index (κ1) is 14.1. The number of hydrogen-bond donors (Lipinski definition) is 1. The Balaban J connectivity index is 3.80. The highest BCUT2D eigenvalue weighted by atomic mass is 32.2. The van der Waals surface area contributed by atoms with Crippen molar-refractivity contribution in [1.82, 2.24) is 0 Å². The molecule has 0 saturated heterocycles. The molecule has 0 aliphatic heterocycles. The smallest absolute Gasteiger partial charge is 0.312 e. The molecule has 0 saturated carbocycles. The fraction of sp³-hybridized carbons (Fsp3) is 1.00. The van der Waals surface area contributed by atoms with Crippen LogP contribution in [0, 0.1) is 0 Å². The van der Waals surface area contributed by atoms with E-state index in [-0.39, 0.29) is 19.2 Å². The quantitative estimate of drug-likeness (QED) is 0.411. The molecule has 0 aliphatic rings. The second kappa shape index (κ2) is 5.82. The van der Waals surface area contributed by atoms with Gasteiger partial charge in [-0.3, -0.25) is 9.12 Å². The SMILES string of the molecule is CCP(=O)(OC)OCCCS(=O)(=O)O. The van der Waals surface area contributed by atoms with Crippen LogP contribution >= 0.6 is 7.60 Å². The molecule has 1 unspecified atom stereocenters. The second-order valence-corrected chi connectivity index (χ2v) is 6.63. The van der Waals surface area contributed by atoms with Crippen molar-refractivity contribution in [3.05, 3.63) is 0 Å². The molecule has 0 aromatic carbocycles. The normalized spacial score (nSPS) is 16.5. The number of rotatable bonds is 7. The monoisotopic (exact) mass is 246 g/mol. The third-order valence-corrected chi connectivity index (χ3v) is 4.21. The Hall–Kier alpha value is 0.0600. The van der Waals surface area contributed by atoms with E-state index >= 15 is 0 Å². The van der Waals surface area contributed by atoms with Crippen LogP contribution in [0.1, 0.15) is 13.3 Å². The van der Waals surface area contributed by atoms with Crippen molar-refractivity contribution in [1.29, 1.82) is 0 Å². The molecule has 8 heteroatoms. The fourth-order valence-corrected chi connectivity index (χ4v) is 2.15. The summed E-state index contributed by atoms with van der Waals surface area (Å²) in [5, 5.41) is 0. The van der Waals surface area contributed by atoms with Gasteiger partial charge in [-0.15, -0.1) is 0 Å². The van der Waals surface area contributed by atoms with Gasteiger partial charge in [0.1, 0.15) is 0 Å². The molecule has 0 amide bonds. The Kier molecular flexibility index (Phi) is 5.85. The maximum absolute atomic E-state index is 11.4. The Morgan fingerprint density at radius 1 is 1.43 bits per heavy atom. The molecular weight excluding hydrogens is 231 g/mol. The van der Waals surface area contributed by atoms with Crippen molar-refractivity contribution in [2.45, 2.75) is 13.3 Å². The number of hydrogen-bond acceptors (Lipinski definition) is 5. The van der Waals surface area contributed by atoms with Crippen LogP contribution in [-0.2, 0) is 23.7 Å². The lowest BCUT2D eigenvalue weighted by atomic mass is 10.5. The van der Waals surface area contributed by atoms with E-state index in [1.165, 1.54) is 7.11 Å². The van der Waals surface area contributed by atoms with Gasteiger partial charge in [0.05, 0.1) is 12.4 Å². The van der Waals surface area contributed by atoms with E-state index in [4.69, 9.17) is 9.08 Å². The molecule has 0 heterocycles.